The predicted octanol–water partition coefficient (Wildman–Crippen LogP) is 5.43. The van der Waals surface area contributed by atoms with Crippen LogP contribution in [0.1, 0.15) is 40.3 Å². The van der Waals surface area contributed by atoms with Gasteiger partial charge in [-0.05, 0) is 48.7 Å². The van der Waals surface area contributed by atoms with Crippen LogP contribution in [0.2, 0.25) is 5.02 Å². The molecule has 7 heteroatoms. The highest BCUT2D eigenvalue weighted by Gasteiger charge is 2.33. The molecule has 29 heavy (non-hydrogen) atoms. The Labute approximate surface area is 172 Å². The summed E-state index contributed by atoms with van der Waals surface area (Å²) >= 11 is 5.73. The third kappa shape index (κ3) is 5.24. The molecule has 0 bridgehead atoms. The van der Waals surface area contributed by atoms with Crippen molar-refractivity contribution in [3.8, 4) is 11.8 Å². The van der Waals surface area contributed by atoms with Gasteiger partial charge in [-0.25, -0.2) is 4.99 Å². The fourth-order valence-electron chi connectivity index (χ4n) is 3.07. The number of alkyl halides is 3. The van der Waals surface area contributed by atoms with Crippen LogP contribution in [-0.4, -0.2) is 19.2 Å². The lowest BCUT2D eigenvalue weighted by molar-refractivity contribution is -0.137. The minimum absolute atomic E-state index is 0.0224. The van der Waals surface area contributed by atoms with Gasteiger partial charge in [-0.15, -0.1) is 0 Å². The largest absolute Gasteiger partial charge is 0.463 e. The molecule has 1 unspecified atom stereocenters. The first kappa shape index (κ1) is 21.1. The van der Waals surface area contributed by atoms with E-state index in [2.05, 4.69) is 22.2 Å². The van der Waals surface area contributed by atoms with Crippen LogP contribution < -0.4 is 5.32 Å². The number of benzene rings is 2. The van der Waals surface area contributed by atoms with Gasteiger partial charge in [-0.1, -0.05) is 41.6 Å². The summed E-state index contributed by atoms with van der Waals surface area (Å²) in [5.74, 6) is 5.54. The van der Waals surface area contributed by atoms with Crippen LogP contribution in [0.15, 0.2) is 41.4 Å². The summed E-state index contributed by atoms with van der Waals surface area (Å²) in [6.07, 6.45) is -4.24. The number of hydrogen-bond donors (Lipinski definition) is 1. The van der Waals surface area contributed by atoms with Crippen LogP contribution in [0.5, 0.6) is 0 Å². The van der Waals surface area contributed by atoms with Gasteiger partial charge < -0.3 is 10.1 Å². The summed E-state index contributed by atoms with van der Waals surface area (Å²) in [5.41, 5.74) is 2.28. The van der Waals surface area contributed by atoms with Crippen LogP contribution in [0.3, 0.4) is 0 Å². The van der Waals surface area contributed by atoms with E-state index >= 15 is 0 Å². The predicted molar refractivity (Wildman–Crippen MR) is 108 cm³/mol. The van der Waals surface area contributed by atoms with Crippen molar-refractivity contribution in [2.45, 2.75) is 32.5 Å². The Balaban J connectivity index is 1.90. The molecule has 0 radical (unpaired) electrons. The zero-order valence-electron chi connectivity index (χ0n) is 16.0. The van der Waals surface area contributed by atoms with Gasteiger partial charge in [0.2, 0.25) is 0 Å². The summed E-state index contributed by atoms with van der Waals surface area (Å²) in [6, 6.07) is 9.69. The first-order valence-corrected chi connectivity index (χ1v) is 9.49. The van der Waals surface area contributed by atoms with Crippen molar-refractivity contribution in [2.24, 2.45) is 4.99 Å². The molecule has 3 rings (SSSR count). The van der Waals surface area contributed by atoms with E-state index in [1.165, 1.54) is 12.1 Å². The molecule has 0 spiro atoms. The van der Waals surface area contributed by atoms with Crippen LogP contribution in [0.25, 0.3) is 0 Å². The molecule has 1 aliphatic heterocycles. The monoisotopic (exact) mass is 420 g/mol. The number of ether oxygens (including phenoxy) is 1. The molecule has 0 aromatic heterocycles. The minimum Gasteiger partial charge on any atom is -0.463 e. The lowest BCUT2D eigenvalue weighted by Crippen LogP contribution is -2.29. The van der Waals surface area contributed by atoms with Crippen molar-refractivity contribution in [1.82, 2.24) is 5.32 Å². The van der Waals surface area contributed by atoms with Gasteiger partial charge in [-0.2, -0.15) is 13.2 Å². The molecule has 1 N–H and O–H groups in total. The fraction of sp³-hybridized carbons (Fsp3) is 0.318. The lowest BCUT2D eigenvalue weighted by Gasteiger charge is -2.20. The maximum absolute atomic E-state index is 13.3. The molecule has 0 amide bonds. The van der Waals surface area contributed by atoms with Crippen LogP contribution in [0.4, 0.5) is 13.2 Å². The van der Waals surface area contributed by atoms with Gasteiger partial charge in [0.25, 0.3) is 6.02 Å². The summed E-state index contributed by atoms with van der Waals surface area (Å²) in [5, 5.41) is 3.24. The van der Waals surface area contributed by atoms with Crippen molar-refractivity contribution >= 4 is 17.6 Å². The van der Waals surface area contributed by atoms with Gasteiger partial charge in [0.15, 0.2) is 0 Å². The molecule has 1 heterocycles. The Morgan fingerprint density at radius 3 is 2.72 bits per heavy atom. The molecule has 2 aromatic carbocycles. The van der Waals surface area contributed by atoms with Gasteiger partial charge in [0, 0.05) is 17.0 Å². The van der Waals surface area contributed by atoms with E-state index in [0.29, 0.717) is 19.2 Å². The molecular formula is C22H20ClF3N2O. The molecule has 3 nitrogen and oxygen atoms in total. The lowest BCUT2D eigenvalue weighted by atomic mass is 9.95. The van der Waals surface area contributed by atoms with Crippen molar-refractivity contribution in [1.29, 1.82) is 0 Å². The van der Waals surface area contributed by atoms with Crippen molar-refractivity contribution in [3.05, 3.63) is 69.2 Å². The average molecular weight is 421 g/mol. The maximum Gasteiger partial charge on any atom is 0.417 e. The summed E-state index contributed by atoms with van der Waals surface area (Å²) in [4.78, 5) is 4.25. The van der Waals surface area contributed by atoms with E-state index in [9.17, 15) is 13.2 Å². The zero-order valence-corrected chi connectivity index (χ0v) is 16.8. The summed E-state index contributed by atoms with van der Waals surface area (Å²) in [6.45, 7) is 5.10. The quantitative estimate of drug-likeness (QED) is 0.671. The SMILES string of the molecule is Cc1cccc(C(CC#Cc2ccc(Cl)cc2C(F)(F)F)NC2=NCCO2)c1C. The molecule has 152 valence electrons. The topological polar surface area (TPSA) is 33.6 Å². The highest BCUT2D eigenvalue weighted by molar-refractivity contribution is 6.30. The second-order valence-electron chi connectivity index (χ2n) is 6.71. The van der Waals surface area contributed by atoms with Crippen molar-refractivity contribution in [3.63, 3.8) is 0 Å². The number of rotatable bonds is 3. The number of halogens is 4. The molecule has 1 aliphatic rings. The third-order valence-corrected chi connectivity index (χ3v) is 4.96. The molecule has 1 atom stereocenters. The first-order valence-electron chi connectivity index (χ1n) is 9.11. The Bertz CT molecular complexity index is 990. The Kier molecular flexibility index (Phi) is 6.39. The number of aryl methyl sites for hydroxylation is 1. The third-order valence-electron chi connectivity index (χ3n) is 4.72. The first-order chi connectivity index (χ1) is 13.8. The standard InChI is InChI=1S/C22H20ClF3N2O/c1-14-5-3-7-18(15(14)2)20(28-21-27-11-12-29-21)8-4-6-16-9-10-17(23)13-19(16)22(24,25)26/h3,5,7,9-10,13,20H,8,11-12H2,1-2H3,(H,27,28). The second-order valence-corrected chi connectivity index (χ2v) is 7.15. The van der Waals surface area contributed by atoms with Gasteiger partial charge in [-0.3, -0.25) is 0 Å². The molecule has 0 saturated heterocycles. The van der Waals surface area contributed by atoms with E-state index in [0.717, 1.165) is 22.8 Å². The number of hydrogen-bond acceptors (Lipinski definition) is 3. The number of amidine groups is 1. The number of nitrogens with zero attached hydrogens (tertiary/aromatic N) is 1. The summed E-state index contributed by atoms with van der Waals surface area (Å²) < 4.78 is 45.3. The van der Waals surface area contributed by atoms with Crippen LogP contribution in [0, 0.1) is 25.7 Å². The zero-order chi connectivity index (χ0) is 21.0. The van der Waals surface area contributed by atoms with Crippen molar-refractivity contribution < 1.29 is 17.9 Å². The normalized spacial score (nSPS) is 14.5. The maximum atomic E-state index is 13.3. The van der Waals surface area contributed by atoms with Crippen LogP contribution in [-0.2, 0) is 10.9 Å². The van der Waals surface area contributed by atoms with E-state index in [1.54, 1.807) is 0 Å². The number of aliphatic imine (C=N–C) groups is 1. The Hall–Kier alpha value is -2.65. The average Bonchev–Trinajstić information content (AvgIpc) is 3.17. The van der Waals surface area contributed by atoms with Crippen molar-refractivity contribution in [2.75, 3.05) is 13.2 Å². The minimum atomic E-state index is -4.52. The van der Waals surface area contributed by atoms with Crippen LogP contribution >= 0.6 is 11.6 Å². The summed E-state index contributed by atoms with van der Waals surface area (Å²) in [7, 11) is 0. The highest BCUT2D eigenvalue weighted by atomic mass is 35.5. The highest BCUT2D eigenvalue weighted by Crippen LogP contribution is 2.33. The van der Waals surface area contributed by atoms with Gasteiger partial charge in [0.05, 0.1) is 18.2 Å². The Morgan fingerprint density at radius 1 is 1.24 bits per heavy atom. The molecule has 0 saturated carbocycles. The van der Waals surface area contributed by atoms with E-state index in [4.69, 9.17) is 16.3 Å². The van der Waals surface area contributed by atoms with Gasteiger partial charge >= 0.3 is 6.18 Å². The molecule has 0 fully saturated rings. The van der Waals surface area contributed by atoms with E-state index < -0.39 is 11.7 Å². The fourth-order valence-corrected chi connectivity index (χ4v) is 3.24. The smallest absolute Gasteiger partial charge is 0.417 e. The Morgan fingerprint density at radius 2 is 2.03 bits per heavy atom. The molecule has 0 aliphatic carbocycles. The second kappa shape index (κ2) is 8.79. The number of nitrogens with one attached hydrogen (secondary N) is 1. The van der Waals surface area contributed by atoms with E-state index in [1.807, 2.05) is 32.0 Å². The molecule has 2 aromatic rings. The molecular weight excluding hydrogens is 401 g/mol. The van der Waals surface area contributed by atoms with E-state index in [-0.39, 0.29) is 23.0 Å². The van der Waals surface area contributed by atoms with Gasteiger partial charge in [0.1, 0.15) is 6.61 Å².